The Bertz CT molecular complexity index is 662. The number of hydrogen-bond donors (Lipinski definition) is 1. The monoisotopic (exact) mass is 318 g/mol. The van der Waals surface area contributed by atoms with E-state index in [0.29, 0.717) is 11.6 Å². The summed E-state index contributed by atoms with van der Waals surface area (Å²) >= 11 is 7.47. The minimum Gasteiger partial charge on any atom is -0.495 e. The van der Waals surface area contributed by atoms with Crippen LogP contribution < -0.4 is 10.5 Å². The van der Waals surface area contributed by atoms with E-state index in [9.17, 15) is 0 Å². The van der Waals surface area contributed by atoms with E-state index in [4.69, 9.17) is 22.1 Å². The molecule has 0 fully saturated rings. The van der Waals surface area contributed by atoms with Crippen molar-refractivity contribution in [3.8, 4) is 17.6 Å². The van der Waals surface area contributed by atoms with E-state index in [1.165, 1.54) is 0 Å². The number of thioether (sulfide) groups is 1. The fraction of sp³-hybridized carbons (Fsp3) is 0.188. The molecule has 0 atom stereocenters. The van der Waals surface area contributed by atoms with Crippen molar-refractivity contribution < 1.29 is 4.74 Å². The standard InChI is InChI=1S/C16H15ClN2OS/c1-20-15-6-4-12(9-13(15)3-2-8-18)11-21-16-7-5-14(17)10-19-16/h4-7,9-10H,8,11,18H2,1H3. The van der Waals surface area contributed by atoms with Crippen LogP contribution in [0.25, 0.3) is 0 Å². The second-order valence-corrected chi connectivity index (χ2v) is 5.58. The Labute approximate surface area is 133 Å². The highest BCUT2D eigenvalue weighted by Crippen LogP contribution is 2.25. The van der Waals surface area contributed by atoms with Gasteiger partial charge in [-0.2, -0.15) is 0 Å². The van der Waals surface area contributed by atoms with Gasteiger partial charge >= 0.3 is 0 Å². The zero-order valence-electron chi connectivity index (χ0n) is 11.6. The van der Waals surface area contributed by atoms with Crippen molar-refractivity contribution in [3.05, 3.63) is 52.7 Å². The predicted octanol–water partition coefficient (Wildman–Crippen LogP) is 3.35. The van der Waals surface area contributed by atoms with Gasteiger partial charge in [-0.25, -0.2) is 4.98 Å². The molecule has 0 radical (unpaired) electrons. The number of nitrogens with two attached hydrogens (primary N) is 1. The lowest BCUT2D eigenvalue weighted by Gasteiger charge is -2.06. The summed E-state index contributed by atoms with van der Waals surface area (Å²) in [6, 6.07) is 9.71. The molecule has 0 spiro atoms. The van der Waals surface area contributed by atoms with Crippen LogP contribution in [0.1, 0.15) is 11.1 Å². The summed E-state index contributed by atoms with van der Waals surface area (Å²) in [4.78, 5) is 4.26. The minimum atomic E-state index is 0.330. The smallest absolute Gasteiger partial charge is 0.134 e. The number of methoxy groups -OCH3 is 1. The molecule has 2 aromatic rings. The molecule has 0 aliphatic carbocycles. The van der Waals surface area contributed by atoms with Gasteiger partial charge in [0.1, 0.15) is 5.75 Å². The van der Waals surface area contributed by atoms with Gasteiger partial charge < -0.3 is 10.5 Å². The van der Waals surface area contributed by atoms with E-state index < -0.39 is 0 Å². The normalized spacial score (nSPS) is 9.86. The van der Waals surface area contributed by atoms with Crippen LogP contribution in [0.15, 0.2) is 41.6 Å². The van der Waals surface area contributed by atoms with E-state index in [0.717, 1.165) is 27.7 Å². The summed E-state index contributed by atoms with van der Waals surface area (Å²) in [6.07, 6.45) is 1.65. The first-order chi connectivity index (χ1) is 10.2. The second kappa shape index (κ2) is 7.94. The van der Waals surface area contributed by atoms with Crippen molar-refractivity contribution >= 4 is 23.4 Å². The van der Waals surface area contributed by atoms with Crippen LogP contribution >= 0.6 is 23.4 Å². The Morgan fingerprint density at radius 1 is 1.33 bits per heavy atom. The Hall–Kier alpha value is -1.67. The molecule has 5 heteroatoms. The molecule has 108 valence electrons. The predicted molar refractivity (Wildman–Crippen MR) is 87.7 cm³/mol. The molecule has 0 aliphatic heterocycles. The van der Waals surface area contributed by atoms with Crippen molar-refractivity contribution in [1.82, 2.24) is 4.98 Å². The molecule has 21 heavy (non-hydrogen) atoms. The van der Waals surface area contributed by atoms with Crippen molar-refractivity contribution in [2.45, 2.75) is 10.8 Å². The molecular weight excluding hydrogens is 304 g/mol. The van der Waals surface area contributed by atoms with Crippen molar-refractivity contribution in [3.63, 3.8) is 0 Å². The fourth-order valence-corrected chi connectivity index (χ4v) is 2.59. The average molecular weight is 319 g/mol. The van der Waals surface area contributed by atoms with Crippen LogP contribution in [0, 0.1) is 11.8 Å². The highest BCUT2D eigenvalue weighted by atomic mass is 35.5. The summed E-state index contributed by atoms with van der Waals surface area (Å²) in [6.45, 7) is 0.330. The zero-order chi connectivity index (χ0) is 15.1. The van der Waals surface area contributed by atoms with Crippen LogP contribution in [0.4, 0.5) is 0 Å². The highest BCUT2D eigenvalue weighted by molar-refractivity contribution is 7.98. The van der Waals surface area contributed by atoms with Gasteiger partial charge in [0.25, 0.3) is 0 Å². The minimum absolute atomic E-state index is 0.330. The van der Waals surface area contributed by atoms with E-state index in [1.807, 2.05) is 30.3 Å². The third-order valence-corrected chi connectivity index (χ3v) is 3.91. The first-order valence-corrected chi connectivity index (χ1v) is 7.69. The Kier molecular flexibility index (Phi) is 5.94. The van der Waals surface area contributed by atoms with Gasteiger partial charge in [0, 0.05) is 11.9 Å². The molecule has 1 heterocycles. The first kappa shape index (κ1) is 15.7. The van der Waals surface area contributed by atoms with Crippen molar-refractivity contribution in [2.75, 3.05) is 13.7 Å². The molecule has 0 aliphatic rings. The van der Waals surface area contributed by atoms with Crippen LogP contribution in [-0.4, -0.2) is 18.6 Å². The summed E-state index contributed by atoms with van der Waals surface area (Å²) in [5, 5.41) is 1.58. The van der Waals surface area contributed by atoms with E-state index in [1.54, 1.807) is 25.1 Å². The Morgan fingerprint density at radius 2 is 2.19 bits per heavy atom. The number of hydrogen-bond acceptors (Lipinski definition) is 4. The molecule has 0 bridgehead atoms. The lowest BCUT2D eigenvalue weighted by Crippen LogP contribution is -1.94. The lowest BCUT2D eigenvalue weighted by atomic mass is 10.1. The van der Waals surface area contributed by atoms with Gasteiger partial charge in [0.05, 0.1) is 29.3 Å². The number of pyridine rings is 1. The van der Waals surface area contributed by atoms with Gasteiger partial charge in [-0.3, -0.25) is 0 Å². The number of rotatable bonds is 4. The maximum absolute atomic E-state index is 5.82. The number of nitrogens with zero attached hydrogens (tertiary/aromatic N) is 1. The van der Waals surface area contributed by atoms with Crippen LogP contribution in [0.5, 0.6) is 5.75 Å². The first-order valence-electron chi connectivity index (χ1n) is 6.33. The molecular formula is C16H15ClN2OS. The zero-order valence-corrected chi connectivity index (χ0v) is 13.2. The Morgan fingerprint density at radius 3 is 2.86 bits per heavy atom. The van der Waals surface area contributed by atoms with Crippen molar-refractivity contribution in [1.29, 1.82) is 0 Å². The molecule has 0 saturated carbocycles. The SMILES string of the molecule is COc1ccc(CSc2ccc(Cl)cn2)cc1C#CCN. The summed E-state index contributed by atoms with van der Waals surface area (Å²) in [5.74, 6) is 7.44. The number of halogens is 1. The van der Waals surface area contributed by atoms with Crippen LogP contribution in [-0.2, 0) is 5.75 Å². The lowest BCUT2D eigenvalue weighted by molar-refractivity contribution is 0.413. The highest BCUT2D eigenvalue weighted by Gasteiger charge is 2.03. The maximum Gasteiger partial charge on any atom is 0.134 e. The van der Waals surface area contributed by atoms with E-state index in [2.05, 4.69) is 16.8 Å². The van der Waals surface area contributed by atoms with Crippen LogP contribution in [0.3, 0.4) is 0 Å². The van der Waals surface area contributed by atoms with Crippen molar-refractivity contribution in [2.24, 2.45) is 5.73 Å². The molecule has 2 N–H and O–H groups in total. The third-order valence-electron chi connectivity index (χ3n) is 2.68. The molecule has 0 unspecified atom stereocenters. The van der Waals surface area contributed by atoms with Gasteiger partial charge in [0.2, 0.25) is 0 Å². The number of aromatic nitrogens is 1. The third kappa shape index (κ3) is 4.68. The average Bonchev–Trinajstić information content (AvgIpc) is 2.52. The molecule has 1 aromatic heterocycles. The molecule has 3 nitrogen and oxygen atoms in total. The molecule has 1 aromatic carbocycles. The molecule has 2 rings (SSSR count). The number of benzene rings is 1. The quantitative estimate of drug-likeness (QED) is 0.694. The Balaban J connectivity index is 2.11. The summed E-state index contributed by atoms with van der Waals surface area (Å²) < 4.78 is 5.30. The topological polar surface area (TPSA) is 48.1 Å². The summed E-state index contributed by atoms with van der Waals surface area (Å²) in [7, 11) is 1.63. The second-order valence-electron chi connectivity index (χ2n) is 4.14. The largest absolute Gasteiger partial charge is 0.495 e. The fourth-order valence-electron chi connectivity index (χ4n) is 1.69. The van der Waals surface area contributed by atoms with E-state index in [-0.39, 0.29) is 0 Å². The van der Waals surface area contributed by atoms with Gasteiger partial charge in [0.15, 0.2) is 0 Å². The molecule has 0 amide bonds. The van der Waals surface area contributed by atoms with Gasteiger partial charge in [-0.1, -0.05) is 29.5 Å². The van der Waals surface area contributed by atoms with Gasteiger partial charge in [-0.05, 0) is 29.8 Å². The molecule has 0 saturated heterocycles. The van der Waals surface area contributed by atoms with Gasteiger partial charge in [-0.15, -0.1) is 11.8 Å². The summed E-state index contributed by atoms with van der Waals surface area (Å²) in [5.41, 5.74) is 7.42. The van der Waals surface area contributed by atoms with E-state index >= 15 is 0 Å². The maximum atomic E-state index is 5.82. The number of ether oxygens (including phenoxy) is 1. The van der Waals surface area contributed by atoms with Crippen LogP contribution in [0.2, 0.25) is 5.02 Å².